The zero-order valence-corrected chi connectivity index (χ0v) is 13.1. The monoisotopic (exact) mass is 258 g/mol. The summed E-state index contributed by atoms with van der Waals surface area (Å²) < 4.78 is 0. The highest BCUT2D eigenvalue weighted by atomic mass is 16.3. The number of rotatable bonds is 11. The lowest BCUT2D eigenvalue weighted by Crippen LogP contribution is -2.43. The summed E-state index contributed by atoms with van der Waals surface area (Å²) >= 11 is 0. The molecule has 0 saturated carbocycles. The molecular weight excluding hydrogens is 224 g/mol. The van der Waals surface area contributed by atoms with Crippen LogP contribution in [0.4, 0.5) is 0 Å². The Bertz CT molecular complexity index is 191. The van der Waals surface area contributed by atoms with Crippen LogP contribution in [-0.2, 0) is 0 Å². The number of hydrogen-bond donors (Lipinski definition) is 2. The number of aliphatic hydroxyl groups excluding tert-OH is 1. The van der Waals surface area contributed by atoms with Gasteiger partial charge in [0.1, 0.15) is 0 Å². The van der Waals surface area contributed by atoms with Crippen molar-refractivity contribution in [1.82, 2.24) is 10.2 Å². The highest BCUT2D eigenvalue weighted by Gasteiger charge is 2.27. The molecule has 0 bridgehead atoms. The van der Waals surface area contributed by atoms with Gasteiger partial charge in [0.2, 0.25) is 0 Å². The van der Waals surface area contributed by atoms with Crippen molar-refractivity contribution in [2.24, 2.45) is 11.3 Å². The van der Waals surface area contributed by atoms with Crippen LogP contribution in [-0.4, -0.2) is 49.8 Å². The van der Waals surface area contributed by atoms with E-state index in [2.05, 4.69) is 45.0 Å². The van der Waals surface area contributed by atoms with Gasteiger partial charge in [-0.15, -0.1) is 0 Å². The van der Waals surface area contributed by atoms with Crippen molar-refractivity contribution in [3.05, 3.63) is 0 Å². The maximum atomic E-state index is 8.89. The summed E-state index contributed by atoms with van der Waals surface area (Å²) in [6, 6.07) is 0. The van der Waals surface area contributed by atoms with Gasteiger partial charge >= 0.3 is 0 Å². The van der Waals surface area contributed by atoms with Crippen LogP contribution in [0.1, 0.15) is 47.0 Å². The summed E-state index contributed by atoms with van der Waals surface area (Å²) in [5, 5.41) is 12.5. The van der Waals surface area contributed by atoms with Gasteiger partial charge in [-0.1, -0.05) is 27.7 Å². The summed E-state index contributed by atoms with van der Waals surface area (Å²) in [6.07, 6.45) is 3.29. The molecule has 110 valence electrons. The van der Waals surface area contributed by atoms with Gasteiger partial charge in [0.15, 0.2) is 0 Å². The molecule has 0 aliphatic heterocycles. The summed E-state index contributed by atoms with van der Waals surface area (Å²) in [6.45, 7) is 13.7. The Kier molecular flexibility index (Phi) is 9.70. The number of nitrogens with one attached hydrogen (secondary N) is 1. The van der Waals surface area contributed by atoms with E-state index < -0.39 is 0 Å². The fourth-order valence-electron chi connectivity index (χ4n) is 2.40. The van der Waals surface area contributed by atoms with Crippen LogP contribution in [0.3, 0.4) is 0 Å². The van der Waals surface area contributed by atoms with Crippen molar-refractivity contribution in [2.75, 3.05) is 39.8 Å². The standard InChI is InChI=1S/C15H34N2O/c1-6-15(7-2,12-16-11-14(3)4)13-17(5)9-8-10-18/h14,16,18H,6-13H2,1-5H3. The molecule has 0 aromatic carbocycles. The van der Waals surface area contributed by atoms with E-state index in [-0.39, 0.29) is 0 Å². The Balaban J connectivity index is 4.22. The molecule has 0 aliphatic carbocycles. The summed E-state index contributed by atoms with van der Waals surface area (Å²) in [7, 11) is 2.16. The van der Waals surface area contributed by atoms with Gasteiger partial charge in [-0.25, -0.2) is 0 Å². The molecule has 0 radical (unpaired) electrons. The van der Waals surface area contributed by atoms with Crippen LogP contribution in [0.25, 0.3) is 0 Å². The van der Waals surface area contributed by atoms with Gasteiger partial charge in [-0.05, 0) is 44.2 Å². The van der Waals surface area contributed by atoms with Crippen LogP contribution in [0.5, 0.6) is 0 Å². The van der Waals surface area contributed by atoms with E-state index in [9.17, 15) is 0 Å². The van der Waals surface area contributed by atoms with Crippen LogP contribution in [0.15, 0.2) is 0 Å². The zero-order chi connectivity index (χ0) is 14.0. The van der Waals surface area contributed by atoms with Crippen molar-refractivity contribution in [3.63, 3.8) is 0 Å². The molecule has 2 N–H and O–H groups in total. The predicted octanol–water partition coefficient (Wildman–Crippen LogP) is 2.35. The molecule has 0 fully saturated rings. The second-order valence-corrected chi connectivity index (χ2v) is 6.05. The molecule has 0 heterocycles. The van der Waals surface area contributed by atoms with Gasteiger partial charge in [-0.3, -0.25) is 0 Å². The second-order valence-electron chi connectivity index (χ2n) is 6.05. The summed E-state index contributed by atoms with van der Waals surface area (Å²) in [5.41, 5.74) is 0.374. The van der Waals surface area contributed by atoms with E-state index in [0.717, 1.165) is 32.6 Å². The van der Waals surface area contributed by atoms with E-state index in [1.54, 1.807) is 0 Å². The highest BCUT2D eigenvalue weighted by molar-refractivity contribution is 4.82. The summed E-state index contributed by atoms with van der Waals surface area (Å²) in [4.78, 5) is 2.36. The molecule has 0 saturated heterocycles. The Labute approximate surface area is 114 Å². The third-order valence-corrected chi connectivity index (χ3v) is 3.86. The normalized spacial score (nSPS) is 12.7. The highest BCUT2D eigenvalue weighted by Crippen LogP contribution is 2.26. The first-order valence-corrected chi connectivity index (χ1v) is 7.49. The molecule has 3 nitrogen and oxygen atoms in total. The molecule has 0 atom stereocenters. The Morgan fingerprint density at radius 2 is 1.83 bits per heavy atom. The Morgan fingerprint density at radius 1 is 1.22 bits per heavy atom. The van der Waals surface area contributed by atoms with Crippen LogP contribution >= 0.6 is 0 Å². The minimum absolute atomic E-state index is 0.293. The maximum absolute atomic E-state index is 8.89. The van der Waals surface area contributed by atoms with Gasteiger partial charge in [0.05, 0.1) is 0 Å². The molecule has 0 spiro atoms. The average Bonchev–Trinajstić information content (AvgIpc) is 2.34. The van der Waals surface area contributed by atoms with Gasteiger partial charge in [0.25, 0.3) is 0 Å². The lowest BCUT2D eigenvalue weighted by molar-refractivity contribution is 0.145. The predicted molar refractivity (Wildman–Crippen MR) is 79.9 cm³/mol. The molecule has 0 rings (SSSR count). The van der Waals surface area contributed by atoms with E-state index in [1.165, 1.54) is 12.8 Å². The Hall–Kier alpha value is -0.120. The zero-order valence-electron chi connectivity index (χ0n) is 13.1. The lowest BCUT2D eigenvalue weighted by atomic mass is 9.81. The van der Waals surface area contributed by atoms with E-state index >= 15 is 0 Å². The minimum Gasteiger partial charge on any atom is -0.396 e. The van der Waals surface area contributed by atoms with Gasteiger partial charge in [-0.2, -0.15) is 0 Å². The fraction of sp³-hybridized carbons (Fsp3) is 1.00. The topological polar surface area (TPSA) is 35.5 Å². The van der Waals surface area contributed by atoms with E-state index in [0.29, 0.717) is 17.9 Å². The van der Waals surface area contributed by atoms with Crippen molar-refractivity contribution >= 4 is 0 Å². The molecule has 0 amide bonds. The van der Waals surface area contributed by atoms with E-state index in [4.69, 9.17) is 5.11 Å². The largest absolute Gasteiger partial charge is 0.396 e. The maximum Gasteiger partial charge on any atom is 0.0443 e. The smallest absolute Gasteiger partial charge is 0.0443 e. The molecular formula is C15H34N2O. The minimum atomic E-state index is 0.293. The van der Waals surface area contributed by atoms with Crippen LogP contribution in [0, 0.1) is 11.3 Å². The molecule has 0 aromatic heterocycles. The molecule has 0 unspecified atom stereocenters. The molecule has 0 aromatic rings. The lowest BCUT2D eigenvalue weighted by Gasteiger charge is -2.36. The number of hydrogen-bond acceptors (Lipinski definition) is 3. The van der Waals surface area contributed by atoms with E-state index in [1.807, 2.05) is 0 Å². The fourth-order valence-corrected chi connectivity index (χ4v) is 2.40. The first-order valence-electron chi connectivity index (χ1n) is 7.49. The van der Waals surface area contributed by atoms with Crippen molar-refractivity contribution in [3.8, 4) is 0 Å². The van der Waals surface area contributed by atoms with Crippen LogP contribution < -0.4 is 5.32 Å². The second kappa shape index (κ2) is 9.76. The first-order chi connectivity index (χ1) is 8.49. The molecule has 3 heteroatoms. The molecule has 18 heavy (non-hydrogen) atoms. The first kappa shape index (κ1) is 17.9. The average molecular weight is 258 g/mol. The number of nitrogens with zero attached hydrogens (tertiary/aromatic N) is 1. The van der Waals surface area contributed by atoms with Crippen LogP contribution in [0.2, 0.25) is 0 Å². The molecule has 0 aliphatic rings. The third-order valence-electron chi connectivity index (χ3n) is 3.86. The summed E-state index contributed by atoms with van der Waals surface area (Å²) in [5.74, 6) is 0.712. The van der Waals surface area contributed by atoms with Crippen molar-refractivity contribution in [1.29, 1.82) is 0 Å². The Morgan fingerprint density at radius 3 is 2.28 bits per heavy atom. The third kappa shape index (κ3) is 7.34. The van der Waals surface area contributed by atoms with Gasteiger partial charge in [0, 0.05) is 26.2 Å². The van der Waals surface area contributed by atoms with Crippen molar-refractivity contribution in [2.45, 2.75) is 47.0 Å². The van der Waals surface area contributed by atoms with Crippen molar-refractivity contribution < 1.29 is 5.11 Å². The quantitative estimate of drug-likeness (QED) is 0.597. The number of aliphatic hydroxyl groups is 1. The van der Waals surface area contributed by atoms with Gasteiger partial charge < -0.3 is 15.3 Å². The SMILES string of the molecule is CCC(CC)(CNCC(C)C)CN(C)CCCO.